The summed E-state index contributed by atoms with van der Waals surface area (Å²) in [5.41, 5.74) is 0. The van der Waals surface area contributed by atoms with Crippen molar-refractivity contribution in [2.45, 2.75) is 76.4 Å². The van der Waals surface area contributed by atoms with Crippen LogP contribution < -0.4 is 0 Å². The third-order valence-electron chi connectivity index (χ3n) is 6.62. The Morgan fingerprint density at radius 3 is 2.19 bits per heavy atom. The summed E-state index contributed by atoms with van der Waals surface area (Å²) in [6.45, 7) is 8.52. The van der Waals surface area contributed by atoms with E-state index < -0.39 is 17.9 Å². The summed E-state index contributed by atoms with van der Waals surface area (Å²) in [5.74, 6) is 0.544. The molecule has 2 bridgehead atoms. The van der Waals surface area contributed by atoms with E-state index >= 15 is 0 Å². The largest absolute Gasteiger partial charge is 0.384 e. The summed E-state index contributed by atoms with van der Waals surface area (Å²) in [5, 5.41) is 0. The summed E-state index contributed by atoms with van der Waals surface area (Å²) in [6, 6.07) is 0. The fourth-order valence-electron chi connectivity index (χ4n) is 5.83. The molecule has 1 saturated carbocycles. The van der Waals surface area contributed by atoms with E-state index in [1.54, 1.807) is 7.11 Å². The molecule has 0 N–H and O–H groups in total. The predicted octanol–water partition coefficient (Wildman–Crippen LogP) is 2.47. The minimum absolute atomic E-state index is 0.0828. The summed E-state index contributed by atoms with van der Waals surface area (Å²) in [6.07, 6.45) is 4.79. The molecule has 4 fully saturated rings. The van der Waals surface area contributed by atoms with Crippen LogP contribution in [-0.4, -0.2) is 56.0 Å². The number of rotatable bonds is 3. The second-order valence-electron chi connectivity index (χ2n) is 9.28. The molecule has 6 heteroatoms. The second-order valence-corrected chi connectivity index (χ2v) is 9.28. The van der Waals surface area contributed by atoms with Crippen molar-refractivity contribution in [2.75, 3.05) is 13.7 Å². The van der Waals surface area contributed by atoms with Gasteiger partial charge in [0.05, 0.1) is 6.10 Å². The molecule has 0 aromatic rings. The Bertz CT molecular complexity index is 601. The van der Waals surface area contributed by atoms with E-state index in [9.17, 15) is 0 Å². The molecule has 0 amide bonds. The lowest BCUT2D eigenvalue weighted by Gasteiger charge is -2.43. The SMILES string of the molecule is COC[C@H]1[C@@H]([C@H]2O[C@@H]3OC(C)(C)O[C@@H]3[C@H]3OC(C)(C)O[C@H]32)[C@@H]2C=C[C@H]1C2. The maximum absolute atomic E-state index is 6.52. The highest BCUT2D eigenvalue weighted by Crippen LogP contribution is 2.54. The smallest absolute Gasteiger partial charge is 0.190 e. The van der Waals surface area contributed by atoms with Crippen molar-refractivity contribution in [3.8, 4) is 0 Å². The Morgan fingerprint density at radius 1 is 0.846 bits per heavy atom. The Balaban J connectivity index is 1.48. The van der Waals surface area contributed by atoms with Crippen LogP contribution in [0.3, 0.4) is 0 Å². The average molecular weight is 366 g/mol. The minimum Gasteiger partial charge on any atom is -0.384 e. The molecule has 5 aliphatic rings. The van der Waals surface area contributed by atoms with Crippen LogP contribution in [0.25, 0.3) is 0 Å². The van der Waals surface area contributed by atoms with Gasteiger partial charge in [-0.05, 0) is 57.8 Å². The van der Waals surface area contributed by atoms with Crippen molar-refractivity contribution in [3.05, 3.63) is 12.2 Å². The maximum Gasteiger partial charge on any atom is 0.190 e. The molecule has 3 heterocycles. The third kappa shape index (κ3) is 2.61. The fraction of sp³-hybridized carbons (Fsp3) is 0.900. The molecule has 6 nitrogen and oxygen atoms in total. The van der Waals surface area contributed by atoms with Crippen LogP contribution >= 0.6 is 0 Å². The highest BCUT2D eigenvalue weighted by Gasteiger charge is 2.64. The zero-order chi connectivity index (χ0) is 18.3. The molecule has 2 aliphatic carbocycles. The Kier molecular flexibility index (Phi) is 3.89. The fourth-order valence-corrected chi connectivity index (χ4v) is 5.83. The van der Waals surface area contributed by atoms with Crippen LogP contribution in [0.1, 0.15) is 34.1 Å². The molecule has 0 aromatic heterocycles. The lowest BCUT2D eigenvalue weighted by atomic mass is 9.76. The predicted molar refractivity (Wildman–Crippen MR) is 92.1 cm³/mol. The number of hydrogen-bond donors (Lipinski definition) is 0. The monoisotopic (exact) mass is 366 g/mol. The molecular weight excluding hydrogens is 336 g/mol. The van der Waals surface area contributed by atoms with Crippen molar-refractivity contribution in [1.29, 1.82) is 0 Å². The third-order valence-corrected chi connectivity index (χ3v) is 6.62. The number of methoxy groups -OCH3 is 1. The van der Waals surface area contributed by atoms with E-state index in [1.165, 1.54) is 6.42 Å². The van der Waals surface area contributed by atoms with E-state index in [4.69, 9.17) is 28.4 Å². The standard InChI is InChI=1S/C20H30O6/c1-19(2)23-15-14(13-11-7-6-10(8-11)12(13)9-21-5)22-18-17(16(15)24-19)25-20(3,4)26-18/h6-7,10-18H,8-9H2,1-5H3/t10-,11+,12+,13-,14+,15-,16-,17+,18+/m0/s1. The molecule has 3 aliphatic heterocycles. The van der Waals surface area contributed by atoms with Crippen LogP contribution in [0.2, 0.25) is 0 Å². The summed E-state index contributed by atoms with van der Waals surface area (Å²) >= 11 is 0. The summed E-state index contributed by atoms with van der Waals surface area (Å²) in [7, 11) is 1.78. The number of allylic oxidation sites excluding steroid dienone is 2. The van der Waals surface area contributed by atoms with E-state index in [1.807, 2.05) is 27.7 Å². The van der Waals surface area contributed by atoms with Gasteiger partial charge < -0.3 is 28.4 Å². The lowest BCUT2D eigenvalue weighted by Crippen LogP contribution is -2.58. The number of fused-ring (bicyclic) bond motifs is 5. The Hall–Kier alpha value is -0.500. The number of ether oxygens (including phenoxy) is 6. The van der Waals surface area contributed by atoms with Gasteiger partial charge in [0.1, 0.15) is 18.3 Å². The molecule has 146 valence electrons. The minimum atomic E-state index is -0.675. The normalized spacial score (nSPS) is 53.0. The molecule has 0 spiro atoms. The topological polar surface area (TPSA) is 55.4 Å². The molecule has 0 aromatic carbocycles. The van der Waals surface area contributed by atoms with Gasteiger partial charge in [0.15, 0.2) is 17.9 Å². The quantitative estimate of drug-likeness (QED) is 0.715. The highest BCUT2D eigenvalue weighted by atomic mass is 16.9. The van der Waals surface area contributed by atoms with Gasteiger partial charge in [-0.15, -0.1) is 0 Å². The van der Waals surface area contributed by atoms with Gasteiger partial charge in [-0.25, -0.2) is 0 Å². The van der Waals surface area contributed by atoms with Gasteiger partial charge in [0, 0.05) is 13.7 Å². The highest BCUT2D eigenvalue weighted by molar-refractivity contribution is 5.17. The average Bonchev–Trinajstić information content (AvgIpc) is 3.26. The molecular formula is C20H30O6. The maximum atomic E-state index is 6.52. The van der Waals surface area contributed by atoms with Gasteiger partial charge >= 0.3 is 0 Å². The van der Waals surface area contributed by atoms with Crippen LogP contribution in [0.5, 0.6) is 0 Å². The van der Waals surface area contributed by atoms with Crippen molar-refractivity contribution in [1.82, 2.24) is 0 Å². The first-order chi connectivity index (χ1) is 12.3. The first-order valence-electron chi connectivity index (χ1n) is 9.82. The molecule has 0 radical (unpaired) electrons. The molecule has 26 heavy (non-hydrogen) atoms. The van der Waals surface area contributed by atoms with Gasteiger partial charge in [0.25, 0.3) is 0 Å². The Labute approximate surface area is 155 Å². The van der Waals surface area contributed by atoms with Crippen molar-refractivity contribution in [2.24, 2.45) is 23.7 Å². The molecule has 5 rings (SSSR count). The lowest BCUT2D eigenvalue weighted by molar-refractivity contribution is -0.251. The molecule has 0 unspecified atom stereocenters. The van der Waals surface area contributed by atoms with E-state index in [0.717, 1.165) is 6.61 Å². The van der Waals surface area contributed by atoms with E-state index in [0.29, 0.717) is 23.7 Å². The van der Waals surface area contributed by atoms with Crippen molar-refractivity contribution >= 4 is 0 Å². The van der Waals surface area contributed by atoms with Crippen LogP contribution in [0.15, 0.2) is 12.2 Å². The zero-order valence-electron chi connectivity index (χ0n) is 16.2. The van der Waals surface area contributed by atoms with Gasteiger partial charge in [-0.2, -0.15) is 0 Å². The van der Waals surface area contributed by atoms with Crippen LogP contribution in [0, 0.1) is 23.7 Å². The Morgan fingerprint density at radius 2 is 1.46 bits per heavy atom. The van der Waals surface area contributed by atoms with Crippen LogP contribution in [0.4, 0.5) is 0 Å². The zero-order valence-corrected chi connectivity index (χ0v) is 16.2. The first kappa shape index (κ1) is 17.6. The van der Waals surface area contributed by atoms with Gasteiger partial charge in [0.2, 0.25) is 0 Å². The van der Waals surface area contributed by atoms with Gasteiger partial charge in [-0.1, -0.05) is 12.2 Å². The second kappa shape index (κ2) is 5.75. The summed E-state index contributed by atoms with van der Waals surface area (Å²) < 4.78 is 36.9. The molecule has 9 atom stereocenters. The molecule has 3 saturated heterocycles. The van der Waals surface area contributed by atoms with E-state index in [2.05, 4.69) is 12.2 Å². The van der Waals surface area contributed by atoms with Crippen molar-refractivity contribution < 1.29 is 28.4 Å². The van der Waals surface area contributed by atoms with Gasteiger partial charge in [-0.3, -0.25) is 0 Å². The van der Waals surface area contributed by atoms with Crippen LogP contribution in [-0.2, 0) is 28.4 Å². The van der Waals surface area contributed by atoms with Crippen molar-refractivity contribution in [3.63, 3.8) is 0 Å². The summed E-state index contributed by atoms with van der Waals surface area (Å²) in [4.78, 5) is 0. The number of hydrogen-bond acceptors (Lipinski definition) is 6. The first-order valence-corrected chi connectivity index (χ1v) is 9.82. The van der Waals surface area contributed by atoms with E-state index in [-0.39, 0.29) is 24.4 Å².